The molecule has 1 atom stereocenters. The standard InChI is InChI=1S/C12H17BrFN3O/c1-6(2)16-12(18)7(3)17-11-4-8(13)9(14)5-10(11)15/h4-7,17H,15H2,1-3H3,(H,16,18). The lowest BCUT2D eigenvalue weighted by Crippen LogP contribution is -2.41. The minimum atomic E-state index is -0.452. The highest BCUT2D eigenvalue weighted by atomic mass is 79.9. The van der Waals surface area contributed by atoms with Crippen LogP contribution < -0.4 is 16.4 Å². The van der Waals surface area contributed by atoms with Gasteiger partial charge in [-0.2, -0.15) is 0 Å². The molecule has 0 saturated heterocycles. The van der Waals surface area contributed by atoms with Gasteiger partial charge in [0.1, 0.15) is 11.9 Å². The Kier molecular flexibility index (Phi) is 4.95. The lowest BCUT2D eigenvalue weighted by atomic mass is 10.2. The second kappa shape index (κ2) is 6.04. The van der Waals surface area contributed by atoms with Gasteiger partial charge < -0.3 is 16.4 Å². The van der Waals surface area contributed by atoms with E-state index >= 15 is 0 Å². The third-order valence-corrected chi connectivity index (χ3v) is 2.90. The predicted molar refractivity (Wildman–Crippen MR) is 74.9 cm³/mol. The summed E-state index contributed by atoms with van der Waals surface area (Å²) in [4.78, 5) is 11.7. The summed E-state index contributed by atoms with van der Waals surface area (Å²) in [6.07, 6.45) is 0. The van der Waals surface area contributed by atoms with Crippen molar-refractivity contribution in [2.75, 3.05) is 11.1 Å². The summed E-state index contributed by atoms with van der Waals surface area (Å²) >= 11 is 3.08. The van der Waals surface area contributed by atoms with Crippen LogP contribution >= 0.6 is 15.9 Å². The van der Waals surface area contributed by atoms with Crippen molar-refractivity contribution < 1.29 is 9.18 Å². The van der Waals surface area contributed by atoms with Crippen molar-refractivity contribution >= 4 is 33.2 Å². The Morgan fingerprint density at radius 2 is 2.00 bits per heavy atom. The van der Waals surface area contributed by atoms with E-state index in [1.807, 2.05) is 13.8 Å². The van der Waals surface area contributed by atoms with Crippen molar-refractivity contribution in [1.82, 2.24) is 5.32 Å². The smallest absolute Gasteiger partial charge is 0.242 e. The fraction of sp³-hybridized carbons (Fsp3) is 0.417. The Bertz CT molecular complexity index is 451. The van der Waals surface area contributed by atoms with E-state index < -0.39 is 11.9 Å². The van der Waals surface area contributed by atoms with Crippen molar-refractivity contribution in [3.63, 3.8) is 0 Å². The first-order chi connectivity index (χ1) is 8.31. The van der Waals surface area contributed by atoms with Crippen LogP contribution in [0.3, 0.4) is 0 Å². The van der Waals surface area contributed by atoms with Gasteiger partial charge in [-0.3, -0.25) is 4.79 Å². The SMILES string of the molecule is CC(C)NC(=O)C(C)Nc1cc(Br)c(F)cc1N. The molecule has 0 aliphatic carbocycles. The largest absolute Gasteiger partial charge is 0.397 e. The fourth-order valence-corrected chi connectivity index (χ4v) is 1.74. The van der Waals surface area contributed by atoms with Crippen molar-refractivity contribution in [2.24, 2.45) is 0 Å². The minimum Gasteiger partial charge on any atom is -0.397 e. The number of benzene rings is 1. The van der Waals surface area contributed by atoms with Crippen LogP contribution in [0.1, 0.15) is 20.8 Å². The maximum atomic E-state index is 13.2. The number of carbonyl (C=O) groups excluding carboxylic acids is 1. The van der Waals surface area contributed by atoms with Crippen LogP contribution in [0, 0.1) is 5.82 Å². The number of hydrogen-bond acceptors (Lipinski definition) is 3. The molecule has 1 rings (SSSR count). The molecular formula is C12H17BrFN3O. The summed E-state index contributed by atoms with van der Waals surface area (Å²) in [5.41, 5.74) is 6.47. The highest BCUT2D eigenvalue weighted by Crippen LogP contribution is 2.27. The van der Waals surface area contributed by atoms with Crippen LogP contribution in [0.15, 0.2) is 16.6 Å². The summed E-state index contributed by atoms with van der Waals surface area (Å²) < 4.78 is 13.5. The first-order valence-corrected chi connectivity index (χ1v) is 6.42. The maximum Gasteiger partial charge on any atom is 0.242 e. The molecule has 1 amide bonds. The summed E-state index contributed by atoms with van der Waals surface area (Å²) in [5, 5.41) is 5.73. The topological polar surface area (TPSA) is 67.2 Å². The van der Waals surface area contributed by atoms with Crippen LogP contribution in [-0.4, -0.2) is 18.0 Å². The lowest BCUT2D eigenvalue weighted by molar-refractivity contribution is -0.122. The highest BCUT2D eigenvalue weighted by Gasteiger charge is 2.15. The maximum absolute atomic E-state index is 13.2. The van der Waals surface area contributed by atoms with Gasteiger partial charge in [0.2, 0.25) is 5.91 Å². The normalized spacial score (nSPS) is 12.3. The molecule has 1 aromatic carbocycles. The van der Waals surface area contributed by atoms with Gasteiger partial charge in [0.25, 0.3) is 0 Å². The Morgan fingerprint density at radius 3 is 2.56 bits per heavy atom. The molecule has 0 aliphatic rings. The van der Waals surface area contributed by atoms with Gasteiger partial charge in [0.05, 0.1) is 15.8 Å². The summed E-state index contributed by atoms with van der Waals surface area (Å²) in [7, 11) is 0. The van der Waals surface area contributed by atoms with Gasteiger partial charge in [0, 0.05) is 12.1 Å². The molecule has 0 fully saturated rings. The predicted octanol–water partition coefficient (Wildman–Crippen LogP) is 2.50. The third-order valence-electron chi connectivity index (χ3n) is 2.29. The van der Waals surface area contributed by atoms with Gasteiger partial charge in [-0.15, -0.1) is 0 Å². The lowest BCUT2D eigenvalue weighted by Gasteiger charge is -2.18. The zero-order valence-corrected chi connectivity index (χ0v) is 12.1. The van der Waals surface area contributed by atoms with E-state index in [-0.39, 0.29) is 17.6 Å². The van der Waals surface area contributed by atoms with E-state index in [0.29, 0.717) is 10.2 Å². The monoisotopic (exact) mass is 317 g/mol. The zero-order valence-electron chi connectivity index (χ0n) is 10.6. The number of anilines is 2. The van der Waals surface area contributed by atoms with E-state index in [2.05, 4.69) is 26.6 Å². The van der Waals surface area contributed by atoms with Crippen molar-refractivity contribution in [2.45, 2.75) is 32.9 Å². The second-order valence-corrected chi connectivity index (χ2v) is 5.24. The van der Waals surface area contributed by atoms with Gasteiger partial charge >= 0.3 is 0 Å². The van der Waals surface area contributed by atoms with Crippen molar-refractivity contribution in [1.29, 1.82) is 0 Å². The Balaban J connectivity index is 2.79. The molecule has 0 bridgehead atoms. The molecule has 1 aromatic rings. The fourth-order valence-electron chi connectivity index (χ4n) is 1.40. The molecule has 0 aromatic heterocycles. The molecular weight excluding hydrogens is 301 g/mol. The van der Waals surface area contributed by atoms with Gasteiger partial charge in [0.15, 0.2) is 0 Å². The molecule has 18 heavy (non-hydrogen) atoms. The number of carbonyl (C=O) groups is 1. The number of hydrogen-bond donors (Lipinski definition) is 3. The van der Waals surface area contributed by atoms with Crippen molar-refractivity contribution in [3.8, 4) is 0 Å². The van der Waals surface area contributed by atoms with Crippen LogP contribution in [0.4, 0.5) is 15.8 Å². The molecule has 1 unspecified atom stereocenters. The Morgan fingerprint density at radius 1 is 1.39 bits per heavy atom. The van der Waals surface area contributed by atoms with Gasteiger partial charge in [-0.05, 0) is 42.8 Å². The number of nitrogens with two attached hydrogens (primary N) is 1. The minimum absolute atomic E-state index is 0.0686. The number of halogens is 2. The highest BCUT2D eigenvalue weighted by molar-refractivity contribution is 9.10. The third kappa shape index (κ3) is 3.87. The molecule has 0 heterocycles. The van der Waals surface area contributed by atoms with Crippen LogP contribution in [0.5, 0.6) is 0 Å². The number of nitrogen functional groups attached to an aromatic ring is 1. The van der Waals surface area contributed by atoms with Crippen LogP contribution in [0.2, 0.25) is 0 Å². The molecule has 0 radical (unpaired) electrons. The second-order valence-electron chi connectivity index (χ2n) is 4.38. The van der Waals surface area contributed by atoms with Crippen molar-refractivity contribution in [3.05, 3.63) is 22.4 Å². The van der Waals surface area contributed by atoms with Gasteiger partial charge in [-0.25, -0.2) is 4.39 Å². The molecule has 4 nitrogen and oxygen atoms in total. The molecule has 0 saturated carbocycles. The number of nitrogens with one attached hydrogen (secondary N) is 2. The van der Waals surface area contributed by atoms with E-state index in [9.17, 15) is 9.18 Å². The average Bonchev–Trinajstić information content (AvgIpc) is 2.24. The summed E-state index contributed by atoms with van der Waals surface area (Å²) in [6.45, 7) is 5.48. The first kappa shape index (κ1) is 14.8. The molecule has 6 heteroatoms. The van der Waals surface area contributed by atoms with E-state index in [1.165, 1.54) is 12.1 Å². The summed E-state index contributed by atoms with van der Waals surface area (Å²) in [5.74, 6) is -0.567. The van der Waals surface area contributed by atoms with Gasteiger partial charge in [-0.1, -0.05) is 0 Å². The van der Waals surface area contributed by atoms with Crippen LogP contribution in [0.25, 0.3) is 0 Å². The van der Waals surface area contributed by atoms with E-state index in [0.717, 1.165) is 0 Å². The number of rotatable bonds is 4. The summed E-state index contributed by atoms with van der Waals surface area (Å²) in [6, 6.07) is 2.34. The van der Waals surface area contributed by atoms with Crippen LogP contribution in [-0.2, 0) is 4.79 Å². The average molecular weight is 318 g/mol. The van der Waals surface area contributed by atoms with E-state index in [4.69, 9.17) is 5.73 Å². The Labute approximate surface area is 114 Å². The molecule has 100 valence electrons. The zero-order chi connectivity index (χ0) is 13.9. The molecule has 4 N–H and O–H groups in total. The molecule has 0 spiro atoms. The first-order valence-electron chi connectivity index (χ1n) is 5.62. The number of amides is 1. The molecule has 0 aliphatic heterocycles. The quantitative estimate of drug-likeness (QED) is 0.747. The Hall–Kier alpha value is -1.30. The van der Waals surface area contributed by atoms with E-state index in [1.54, 1.807) is 6.92 Å².